The van der Waals surface area contributed by atoms with E-state index in [1.54, 1.807) is 41.9 Å². The lowest BCUT2D eigenvalue weighted by Gasteiger charge is -2.28. The van der Waals surface area contributed by atoms with Gasteiger partial charge in [0, 0.05) is 71.7 Å². The number of anilines is 1. The maximum atomic E-state index is 13.7. The number of ether oxygens (including phenoxy) is 1. The molecule has 1 aliphatic rings. The second kappa shape index (κ2) is 10.6. The topological polar surface area (TPSA) is 97.6 Å². The molecule has 0 amide bonds. The zero-order chi connectivity index (χ0) is 29.8. The summed E-state index contributed by atoms with van der Waals surface area (Å²) >= 11 is 1.60. The van der Waals surface area contributed by atoms with E-state index in [4.69, 9.17) is 14.1 Å². The van der Waals surface area contributed by atoms with Gasteiger partial charge in [0.25, 0.3) is 0 Å². The third-order valence-electron chi connectivity index (χ3n) is 7.55. The van der Waals surface area contributed by atoms with Crippen molar-refractivity contribution in [1.29, 1.82) is 0 Å². The molecule has 0 radical (unpaired) electrons. The Kier molecular flexibility index (Phi) is 7.17. The van der Waals surface area contributed by atoms with Crippen molar-refractivity contribution < 1.29 is 22.0 Å². The first-order chi connectivity index (χ1) is 20.0. The van der Waals surface area contributed by atoms with Gasteiger partial charge in [-0.15, -0.1) is 11.3 Å². The molecule has 1 aliphatic heterocycles. The summed E-state index contributed by atoms with van der Waals surface area (Å²) in [6.07, 6.45) is 5.42. The lowest BCUT2D eigenvalue weighted by atomic mass is 9.99. The quantitative estimate of drug-likeness (QED) is 0.231. The number of rotatable bonds is 7. The van der Waals surface area contributed by atoms with Gasteiger partial charge in [0.2, 0.25) is 10.0 Å². The van der Waals surface area contributed by atoms with Crippen LogP contribution in [0.2, 0.25) is 0 Å². The first-order valence-electron chi connectivity index (χ1n) is 13.5. The highest BCUT2D eigenvalue weighted by Gasteiger charge is 2.32. The molecule has 5 aromatic rings. The number of aromatic nitrogens is 2. The van der Waals surface area contributed by atoms with Crippen molar-refractivity contribution in [3.05, 3.63) is 76.8 Å². The van der Waals surface area contributed by atoms with Gasteiger partial charge in [0.15, 0.2) is 0 Å². The molecular formula is C31H31FN4O4S2. The summed E-state index contributed by atoms with van der Waals surface area (Å²) in [5.41, 5.74) is 5.47. The second-order valence-corrected chi connectivity index (χ2v) is 13.9. The smallest absolute Gasteiger partial charge is 0.232 e. The lowest BCUT2D eigenvalue weighted by Crippen LogP contribution is -2.27. The van der Waals surface area contributed by atoms with Crippen LogP contribution < -0.4 is 9.62 Å². The Balaban J connectivity index is 1.55. The molecule has 218 valence electrons. The molecule has 1 N–H and O–H groups in total. The van der Waals surface area contributed by atoms with Crippen LogP contribution in [-0.2, 0) is 33.3 Å². The van der Waals surface area contributed by atoms with Crippen LogP contribution in [0.3, 0.4) is 0 Å². The molecule has 6 rings (SSSR count). The van der Waals surface area contributed by atoms with Gasteiger partial charge in [-0.2, -0.15) is 0 Å². The Bertz CT molecular complexity index is 1910. The number of furan rings is 1. The Morgan fingerprint density at radius 3 is 2.52 bits per heavy atom. The number of thiazole rings is 1. The molecule has 0 bridgehead atoms. The highest BCUT2D eigenvalue weighted by atomic mass is 32.2. The van der Waals surface area contributed by atoms with Gasteiger partial charge < -0.3 is 14.5 Å². The van der Waals surface area contributed by atoms with E-state index >= 15 is 0 Å². The standard InChI is InChI=1S/C31H31FN4O4S2/c1-31(2)29-25(10-11-39-31)35-30(41-29)20-12-19(15-34-16-20)22-13-23-24(17-33-3)28(18-6-8-21(32)9-7-18)40-27(23)14-26(22)36(4)42(5,37)38/h6-9,12-16,33H,10-11,17H2,1-5H3. The van der Waals surface area contributed by atoms with Crippen LogP contribution >= 0.6 is 11.3 Å². The Morgan fingerprint density at radius 1 is 1.10 bits per heavy atom. The Labute approximate surface area is 248 Å². The molecule has 0 aliphatic carbocycles. The number of fused-ring (bicyclic) bond motifs is 2. The molecular weight excluding hydrogens is 575 g/mol. The summed E-state index contributed by atoms with van der Waals surface area (Å²) in [6.45, 7) is 5.22. The van der Waals surface area contributed by atoms with Crippen molar-refractivity contribution in [2.45, 2.75) is 32.4 Å². The maximum Gasteiger partial charge on any atom is 0.232 e. The van der Waals surface area contributed by atoms with Crippen LogP contribution in [0.1, 0.15) is 30.0 Å². The summed E-state index contributed by atoms with van der Waals surface area (Å²) in [6, 6.07) is 11.8. The number of nitrogens with zero attached hydrogens (tertiary/aromatic N) is 3. The fourth-order valence-electron chi connectivity index (χ4n) is 5.33. The molecule has 0 saturated heterocycles. The van der Waals surface area contributed by atoms with Crippen LogP contribution in [0, 0.1) is 5.82 Å². The third-order valence-corrected chi connectivity index (χ3v) is 10.2. The number of hydrogen-bond donors (Lipinski definition) is 1. The van der Waals surface area contributed by atoms with Crippen LogP contribution in [-0.4, -0.2) is 45.3 Å². The zero-order valence-corrected chi connectivity index (χ0v) is 25.6. The zero-order valence-electron chi connectivity index (χ0n) is 24.0. The largest absolute Gasteiger partial charge is 0.456 e. The van der Waals surface area contributed by atoms with E-state index in [-0.39, 0.29) is 5.82 Å². The number of hydrogen-bond acceptors (Lipinski definition) is 8. The number of halogens is 1. The maximum absolute atomic E-state index is 13.7. The number of benzene rings is 2. The monoisotopic (exact) mass is 606 g/mol. The van der Waals surface area contributed by atoms with E-state index in [9.17, 15) is 12.8 Å². The van der Waals surface area contributed by atoms with Crippen LogP contribution in [0.5, 0.6) is 0 Å². The van der Waals surface area contributed by atoms with Crippen LogP contribution in [0.25, 0.3) is 44.0 Å². The van der Waals surface area contributed by atoms with Crippen molar-refractivity contribution in [2.24, 2.45) is 0 Å². The van der Waals surface area contributed by atoms with Gasteiger partial charge in [-0.05, 0) is 57.3 Å². The Morgan fingerprint density at radius 2 is 1.83 bits per heavy atom. The number of sulfonamides is 1. The van der Waals surface area contributed by atoms with Crippen molar-refractivity contribution >= 4 is 38.0 Å². The third kappa shape index (κ3) is 5.11. The number of nitrogens with one attached hydrogen (secondary N) is 1. The summed E-state index contributed by atoms with van der Waals surface area (Å²) in [4.78, 5) is 10.6. The summed E-state index contributed by atoms with van der Waals surface area (Å²) < 4.78 is 52.7. The average Bonchev–Trinajstić information content (AvgIpc) is 3.55. The summed E-state index contributed by atoms with van der Waals surface area (Å²) in [7, 11) is -0.249. The van der Waals surface area contributed by atoms with Gasteiger partial charge in [-0.1, -0.05) is 0 Å². The molecule has 0 saturated carbocycles. The molecule has 0 atom stereocenters. The van der Waals surface area contributed by atoms with Crippen LogP contribution in [0.15, 0.2) is 59.3 Å². The number of pyridine rings is 1. The summed E-state index contributed by atoms with van der Waals surface area (Å²) in [5, 5.41) is 4.85. The molecule has 11 heteroatoms. The van der Waals surface area contributed by atoms with Gasteiger partial charge >= 0.3 is 0 Å². The van der Waals surface area contributed by atoms with E-state index < -0.39 is 15.6 Å². The fourth-order valence-corrected chi connectivity index (χ4v) is 6.99. The summed E-state index contributed by atoms with van der Waals surface area (Å²) in [5.74, 6) is 0.253. The van der Waals surface area contributed by atoms with Crippen molar-refractivity contribution in [3.63, 3.8) is 0 Å². The lowest BCUT2D eigenvalue weighted by molar-refractivity contribution is -0.0290. The molecule has 8 nitrogen and oxygen atoms in total. The van der Waals surface area contributed by atoms with Crippen molar-refractivity contribution in [1.82, 2.24) is 15.3 Å². The predicted octanol–water partition coefficient (Wildman–Crippen LogP) is 6.35. The molecule has 3 aromatic heterocycles. The minimum absolute atomic E-state index is 0.339. The molecule has 4 heterocycles. The van der Waals surface area contributed by atoms with E-state index in [0.717, 1.165) is 55.9 Å². The van der Waals surface area contributed by atoms with Crippen LogP contribution in [0.4, 0.5) is 10.1 Å². The molecule has 2 aromatic carbocycles. The molecule has 42 heavy (non-hydrogen) atoms. The van der Waals surface area contributed by atoms with Gasteiger partial charge in [-0.3, -0.25) is 9.29 Å². The Hall–Kier alpha value is -3.64. The van der Waals surface area contributed by atoms with E-state index in [1.165, 1.54) is 23.5 Å². The van der Waals surface area contributed by atoms with Gasteiger partial charge in [-0.25, -0.2) is 17.8 Å². The molecule has 0 spiro atoms. The van der Waals surface area contributed by atoms with E-state index in [0.29, 0.717) is 35.7 Å². The van der Waals surface area contributed by atoms with E-state index in [2.05, 4.69) is 24.1 Å². The second-order valence-electron chi connectivity index (χ2n) is 10.9. The fraction of sp³-hybridized carbons (Fsp3) is 0.290. The van der Waals surface area contributed by atoms with E-state index in [1.807, 2.05) is 19.2 Å². The molecule has 0 fully saturated rings. The normalized spacial score (nSPS) is 14.7. The van der Waals surface area contributed by atoms with Gasteiger partial charge in [0.05, 0.1) is 34.7 Å². The minimum Gasteiger partial charge on any atom is -0.456 e. The highest BCUT2D eigenvalue weighted by molar-refractivity contribution is 7.92. The first kappa shape index (κ1) is 28.5. The van der Waals surface area contributed by atoms with Crippen molar-refractivity contribution in [2.75, 3.05) is 31.3 Å². The first-order valence-corrected chi connectivity index (χ1v) is 16.2. The highest BCUT2D eigenvalue weighted by Crippen LogP contribution is 2.43. The molecule has 0 unspecified atom stereocenters. The SMILES string of the molecule is CNCc1c(-c2ccc(F)cc2)oc2cc(N(C)S(C)(=O)=O)c(-c3cncc(-c4nc5c(s4)C(C)(C)OCC5)c3)cc12. The average molecular weight is 607 g/mol. The van der Waals surface area contributed by atoms with Gasteiger partial charge in [0.1, 0.15) is 22.2 Å². The predicted molar refractivity (Wildman–Crippen MR) is 165 cm³/mol. The minimum atomic E-state index is -3.61. The van der Waals surface area contributed by atoms with Crippen molar-refractivity contribution in [3.8, 4) is 33.0 Å².